The molecular formula is C24H24FN5O3. The number of aromatic nitrogens is 2. The minimum Gasteiger partial charge on any atom is -0.352 e. The lowest BCUT2D eigenvalue weighted by Crippen LogP contribution is -2.41. The number of hydrogen-bond acceptors (Lipinski definition) is 6. The maximum absolute atomic E-state index is 13.5. The van der Waals surface area contributed by atoms with Gasteiger partial charge in [-0.3, -0.25) is 14.5 Å². The predicted octanol–water partition coefficient (Wildman–Crippen LogP) is 2.62. The molecule has 2 saturated heterocycles. The SMILES string of the molecule is O=C(N[C@H]1CCN(Cc2noc(-c3ccccc3)n2)C1)[C@H]1CC(=O)N(c2cccc(F)c2)C1. The Morgan fingerprint density at radius 2 is 2.00 bits per heavy atom. The average Bonchev–Trinajstić information content (AvgIpc) is 3.55. The Labute approximate surface area is 190 Å². The quantitative estimate of drug-likeness (QED) is 0.622. The van der Waals surface area contributed by atoms with Gasteiger partial charge in [-0.1, -0.05) is 29.4 Å². The van der Waals surface area contributed by atoms with E-state index in [-0.39, 0.29) is 30.8 Å². The maximum atomic E-state index is 13.5. The summed E-state index contributed by atoms with van der Waals surface area (Å²) in [4.78, 5) is 33.3. The molecule has 8 nitrogen and oxygen atoms in total. The van der Waals surface area contributed by atoms with Crippen molar-refractivity contribution in [2.45, 2.75) is 25.4 Å². The summed E-state index contributed by atoms with van der Waals surface area (Å²) in [6.07, 6.45) is 0.938. The highest BCUT2D eigenvalue weighted by atomic mass is 19.1. The molecular weight excluding hydrogens is 425 g/mol. The Hall–Kier alpha value is -3.59. The minimum atomic E-state index is -0.444. The molecule has 0 bridgehead atoms. The van der Waals surface area contributed by atoms with Crippen LogP contribution in [0, 0.1) is 11.7 Å². The normalized spacial score (nSPS) is 21.0. The summed E-state index contributed by atoms with van der Waals surface area (Å²) in [6, 6.07) is 15.5. The first-order valence-electron chi connectivity index (χ1n) is 11.0. The number of likely N-dealkylation sites (tertiary alicyclic amines) is 1. The highest BCUT2D eigenvalue weighted by Gasteiger charge is 2.36. The van der Waals surface area contributed by atoms with E-state index in [1.807, 2.05) is 30.3 Å². The number of nitrogens with zero attached hydrogens (tertiary/aromatic N) is 4. The number of amides is 2. The van der Waals surface area contributed by atoms with E-state index in [0.29, 0.717) is 30.5 Å². The highest BCUT2D eigenvalue weighted by molar-refractivity contribution is 6.00. The van der Waals surface area contributed by atoms with Gasteiger partial charge < -0.3 is 14.7 Å². The number of rotatable bonds is 6. The maximum Gasteiger partial charge on any atom is 0.257 e. The van der Waals surface area contributed by atoms with Gasteiger partial charge >= 0.3 is 0 Å². The van der Waals surface area contributed by atoms with Gasteiger partial charge in [0.05, 0.1) is 12.5 Å². The fraction of sp³-hybridized carbons (Fsp3) is 0.333. The molecule has 2 amide bonds. The molecule has 3 heterocycles. The topological polar surface area (TPSA) is 91.6 Å². The van der Waals surface area contributed by atoms with Crippen LogP contribution in [-0.2, 0) is 16.1 Å². The van der Waals surface area contributed by atoms with Crippen molar-refractivity contribution in [1.82, 2.24) is 20.4 Å². The second-order valence-corrected chi connectivity index (χ2v) is 8.50. The molecule has 0 aliphatic carbocycles. The first kappa shape index (κ1) is 21.3. The number of hydrogen-bond donors (Lipinski definition) is 1. The van der Waals surface area contributed by atoms with Crippen LogP contribution in [0.1, 0.15) is 18.7 Å². The lowest BCUT2D eigenvalue weighted by atomic mass is 10.1. The van der Waals surface area contributed by atoms with Gasteiger partial charge in [0.2, 0.25) is 11.8 Å². The molecule has 0 radical (unpaired) electrons. The third-order valence-electron chi connectivity index (χ3n) is 6.09. The van der Waals surface area contributed by atoms with E-state index >= 15 is 0 Å². The molecule has 9 heteroatoms. The monoisotopic (exact) mass is 449 g/mol. The van der Waals surface area contributed by atoms with Crippen molar-refractivity contribution in [3.63, 3.8) is 0 Å². The third kappa shape index (κ3) is 4.78. The van der Waals surface area contributed by atoms with Crippen molar-refractivity contribution in [2.24, 2.45) is 5.92 Å². The fourth-order valence-electron chi connectivity index (χ4n) is 4.41. The van der Waals surface area contributed by atoms with Crippen molar-refractivity contribution in [3.05, 3.63) is 66.2 Å². The molecule has 2 fully saturated rings. The summed E-state index contributed by atoms with van der Waals surface area (Å²) in [5, 5.41) is 7.15. The first-order chi connectivity index (χ1) is 16.0. The number of carbonyl (C=O) groups is 2. The molecule has 2 aliphatic rings. The molecule has 170 valence electrons. The lowest BCUT2D eigenvalue weighted by Gasteiger charge is -2.18. The van der Waals surface area contributed by atoms with Crippen LogP contribution in [0.15, 0.2) is 59.1 Å². The van der Waals surface area contributed by atoms with E-state index in [1.54, 1.807) is 12.1 Å². The van der Waals surface area contributed by atoms with E-state index in [2.05, 4.69) is 20.4 Å². The Kier molecular flexibility index (Phi) is 5.87. The van der Waals surface area contributed by atoms with E-state index in [4.69, 9.17) is 4.52 Å². The molecule has 0 unspecified atom stereocenters. The highest BCUT2D eigenvalue weighted by Crippen LogP contribution is 2.26. The van der Waals surface area contributed by atoms with Gasteiger partial charge in [-0.15, -0.1) is 0 Å². The standard InChI is InChI=1S/C24H24FN5O3/c25-18-7-4-8-20(12-18)30-13-17(11-22(30)31)23(32)26-19-9-10-29(14-19)15-21-27-24(33-28-21)16-5-2-1-3-6-16/h1-8,12,17,19H,9-11,13-15H2,(H,26,32)/t17-,19-/m0/s1. The third-order valence-corrected chi connectivity index (χ3v) is 6.09. The second-order valence-electron chi connectivity index (χ2n) is 8.50. The second kappa shape index (κ2) is 9.11. The molecule has 2 aromatic carbocycles. The minimum absolute atomic E-state index is 0.00341. The van der Waals surface area contributed by atoms with Crippen LogP contribution in [-0.4, -0.2) is 52.5 Å². The Bertz CT molecular complexity index is 1150. The summed E-state index contributed by atoms with van der Waals surface area (Å²) in [7, 11) is 0. The van der Waals surface area contributed by atoms with E-state index in [1.165, 1.54) is 17.0 Å². The molecule has 3 aromatic rings. The van der Waals surface area contributed by atoms with Crippen molar-refractivity contribution in [2.75, 3.05) is 24.5 Å². The van der Waals surface area contributed by atoms with Gasteiger partial charge in [0.15, 0.2) is 5.82 Å². The van der Waals surface area contributed by atoms with Gasteiger partial charge in [-0.05, 0) is 36.8 Å². The zero-order valence-corrected chi connectivity index (χ0v) is 18.0. The summed E-state index contributed by atoms with van der Waals surface area (Å²) in [5.74, 6) is -0.0614. The molecule has 5 rings (SSSR count). The Morgan fingerprint density at radius 1 is 1.15 bits per heavy atom. The van der Waals surface area contributed by atoms with Crippen molar-refractivity contribution < 1.29 is 18.5 Å². The van der Waals surface area contributed by atoms with Crippen molar-refractivity contribution in [1.29, 1.82) is 0 Å². The predicted molar refractivity (Wildman–Crippen MR) is 118 cm³/mol. The molecule has 0 spiro atoms. The zero-order valence-electron chi connectivity index (χ0n) is 18.0. The van der Waals surface area contributed by atoms with Crippen LogP contribution in [0.3, 0.4) is 0 Å². The number of anilines is 1. The molecule has 2 aliphatic heterocycles. The van der Waals surface area contributed by atoms with Crippen LogP contribution in [0.5, 0.6) is 0 Å². The summed E-state index contributed by atoms with van der Waals surface area (Å²) >= 11 is 0. The van der Waals surface area contributed by atoms with Gasteiger partial charge in [0.1, 0.15) is 5.82 Å². The van der Waals surface area contributed by atoms with Gasteiger partial charge in [0.25, 0.3) is 5.89 Å². The molecule has 33 heavy (non-hydrogen) atoms. The van der Waals surface area contributed by atoms with Gasteiger partial charge in [0, 0.05) is 43.3 Å². The van der Waals surface area contributed by atoms with Crippen molar-refractivity contribution >= 4 is 17.5 Å². The number of benzene rings is 2. The smallest absolute Gasteiger partial charge is 0.257 e. The number of nitrogens with one attached hydrogen (secondary N) is 1. The largest absolute Gasteiger partial charge is 0.352 e. The lowest BCUT2D eigenvalue weighted by molar-refractivity contribution is -0.126. The van der Waals surface area contributed by atoms with Crippen LogP contribution >= 0.6 is 0 Å². The fourth-order valence-corrected chi connectivity index (χ4v) is 4.41. The van der Waals surface area contributed by atoms with Crippen LogP contribution in [0.4, 0.5) is 10.1 Å². The Morgan fingerprint density at radius 3 is 2.82 bits per heavy atom. The molecule has 1 N–H and O–H groups in total. The van der Waals surface area contributed by atoms with E-state index in [9.17, 15) is 14.0 Å². The Balaban J connectivity index is 1.13. The van der Waals surface area contributed by atoms with Crippen LogP contribution in [0.2, 0.25) is 0 Å². The zero-order chi connectivity index (χ0) is 22.8. The van der Waals surface area contributed by atoms with E-state index in [0.717, 1.165) is 18.5 Å². The molecule has 1 aromatic heterocycles. The van der Waals surface area contributed by atoms with Gasteiger partial charge in [-0.2, -0.15) is 4.98 Å². The van der Waals surface area contributed by atoms with Crippen molar-refractivity contribution in [3.8, 4) is 11.5 Å². The number of halogens is 1. The van der Waals surface area contributed by atoms with Gasteiger partial charge in [-0.25, -0.2) is 4.39 Å². The summed E-state index contributed by atoms with van der Waals surface area (Å²) < 4.78 is 18.9. The van der Waals surface area contributed by atoms with E-state index < -0.39 is 11.7 Å². The number of carbonyl (C=O) groups excluding carboxylic acids is 2. The van der Waals surface area contributed by atoms with Crippen LogP contribution < -0.4 is 10.2 Å². The van der Waals surface area contributed by atoms with Crippen LogP contribution in [0.25, 0.3) is 11.5 Å². The average molecular weight is 449 g/mol. The molecule has 0 saturated carbocycles. The first-order valence-corrected chi connectivity index (χ1v) is 11.0. The summed E-state index contributed by atoms with van der Waals surface area (Å²) in [5.41, 5.74) is 1.36. The summed E-state index contributed by atoms with van der Waals surface area (Å²) in [6.45, 7) is 2.28. The molecule has 2 atom stereocenters.